The number of aliphatic hydroxyl groups is 1. The molecule has 20 heavy (non-hydrogen) atoms. The molecule has 0 atom stereocenters. The first-order valence-corrected chi connectivity index (χ1v) is 7.49. The topological polar surface area (TPSA) is 92.4 Å². The molecular formula is C14H16N2O3S. The standard InChI is InChI=1S/C14H16N2O3S/c1-10-2-7-14(13(15)8-10)20(18,19)16-12-5-3-11(9-17)4-6-12/h2-8,16-17H,9,15H2,1H3. The van der Waals surface area contributed by atoms with Crippen LogP contribution in [0.4, 0.5) is 11.4 Å². The summed E-state index contributed by atoms with van der Waals surface area (Å²) >= 11 is 0. The van der Waals surface area contributed by atoms with Gasteiger partial charge in [-0.3, -0.25) is 4.72 Å². The molecule has 0 spiro atoms. The van der Waals surface area contributed by atoms with Crippen LogP contribution in [0, 0.1) is 6.92 Å². The Morgan fingerprint density at radius 2 is 1.80 bits per heavy atom. The van der Waals surface area contributed by atoms with Gasteiger partial charge in [-0.1, -0.05) is 18.2 Å². The summed E-state index contributed by atoms with van der Waals surface area (Å²) in [5.41, 5.74) is 7.99. The Morgan fingerprint density at radius 3 is 2.35 bits per heavy atom. The summed E-state index contributed by atoms with van der Waals surface area (Å²) in [6, 6.07) is 11.3. The van der Waals surface area contributed by atoms with E-state index in [9.17, 15) is 8.42 Å². The van der Waals surface area contributed by atoms with Crippen LogP contribution in [0.25, 0.3) is 0 Å². The van der Waals surface area contributed by atoms with E-state index in [1.54, 1.807) is 36.4 Å². The molecule has 2 rings (SSSR count). The SMILES string of the molecule is Cc1ccc(S(=O)(=O)Nc2ccc(CO)cc2)c(N)c1. The minimum absolute atomic E-state index is 0.0503. The maximum Gasteiger partial charge on any atom is 0.263 e. The second-order valence-electron chi connectivity index (χ2n) is 4.50. The molecule has 0 fully saturated rings. The number of benzene rings is 2. The van der Waals surface area contributed by atoms with Crippen LogP contribution >= 0.6 is 0 Å². The van der Waals surface area contributed by atoms with Gasteiger partial charge in [0.15, 0.2) is 0 Å². The van der Waals surface area contributed by atoms with Crippen LogP contribution in [0.1, 0.15) is 11.1 Å². The van der Waals surface area contributed by atoms with Crippen LogP contribution in [-0.4, -0.2) is 13.5 Å². The predicted octanol–water partition coefficient (Wildman–Crippen LogP) is 1.87. The molecule has 0 heterocycles. The highest BCUT2D eigenvalue weighted by Crippen LogP contribution is 2.22. The van der Waals surface area contributed by atoms with Gasteiger partial charge in [-0.2, -0.15) is 0 Å². The van der Waals surface area contributed by atoms with Crippen LogP contribution in [0.2, 0.25) is 0 Å². The molecule has 2 aromatic carbocycles. The minimum atomic E-state index is -3.72. The molecule has 0 saturated carbocycles. The fourth-order valence-electron chi connectivity index (χ4n) is 1.80. The van der Waals surface area contributed by atoms with Crippen LogP contribution in [0.5, 0.6) is 0 Å². The first kappa shape index (κ1) is 14.4. The van der Waals surface area contributed by atoms with Crippen molar-refractivity contribution in [2.45, 2.75) is 18.4 Å². The van der Waals surface area contributed by atoms with Crippen LogP contribution < -0.4 is 10.5 Å². The van der Waals surface area contributed by atoms with Gasteiger partial charge in [0.25, 0.3) is 10.0 Å². The molecule has 0 aromatic heterocycles. The monoisotopic (exact) mass is 292 g/mol. The fourth-order valence-corrected chi connectivity index (χ4v) is 2.97. The van der Waals surface area contributed by atoms with Gasteiger partial charge in [0.2, 0.25) is 0 Å². The Morgan fingerprint density at radius 1 is 1.15 bits per heavy atom. The minimum Gasteiger partial charge on any atom is -0.398 e. The number of sulfonamides is 1. The van der Waals surface area contributed by atoms with Crippen molar-refractivity contribution in [2.75, 3.05) is 10.5 Å². The van der Waals surface area contributed by atoms with Gasteiger partial charge in [-0.15, -0.1) is 0 Å². The van der Waals surface area contributed by atoms with Gasteiger partial charge >= 0.3 is 0 Å². The molecular weight excluding hydrogens is 276 g/mol. The summed E-state index contributed by atoms with van der Waals surface area (Å²) < 4.78 is 27.0. The number of nitrogen functional groups attached to an aromatic ring is 1. The van der Waals surface area contributed by atoms with Crippen molar-refractivity contribution in [3.8, 4) is 0 Å². The van der Waals surface area contributed by atoms with Gasteiger partial charge in [-0.05, 0) is 42.3 Å². The number of hydrogen-bond acceptors (Lipinski definition) is 4. The van der Waals surface area contributed by atoms with E-state index in [4.69, 9.17) is 10.8 Å². The van der Waals surface area contributed by atoms with Gasteiger partial charge < -0.3 is 10.8 Å². The zero-order chi connectivity index (χ0) is 14.8. The molecule has 0 radical (unpaired) electrons. The molecule has 6 heteroatoms. The summed E-state index contributed by atoms with van der Waals surface area (Å²) in [6.45, 7) is 1.76. The molecule has 0 aliphatic heterocycles. The zero-order valence-corrected chi connectivity index (χ0v) is 11.8. The van der Waals surface area contributed by atoms with Crippen molar-refractivity contribution in [2.24, 2.45) is 0 Å². The van der Waals surface area contributed by atoms with Crippen molar-refractivity contribution in [3.63, 3.8) is 0 Å². The van der Waals surface area contributed by atoms with E-state index >= 15 is 0 Å². The highest BCUT2D eigenvalue weighted by atomic mass is 32.2. The Bertz CT molecular complexity index is 710. The lowest BCUT2D eigenvalue weighted by Gasteiger charge is -2.11. The van der Waals surface area contributed by atoms with E-state index in [1.165, 1.54) is 6.07 Å². The molecule has 0 aliphatic rings. The largest absolute Gasteiger partial charge is 0.398 e. The molecule has 2 aromatic rings. The van der Waals surface area contributed by atoms with Crippen molar-refractivity contribution >= 4 is 21.4 Å². The number of nitrogens with two attached hydrogens (primary N) is 1. The van der Waals surface area contributed by atoms with E-state index in [0.717, 1.165) is 5.56 Å². The Kier molecular flexibility index (Phi) is 3.96. The van der Waals surface area contributed by atoms with Crippen LogP contribution in [-0.2, 0) is 16.6 Å². The van der Waals surface area contributed by atoms with Gasteiger partial charge in [0.1, 0.15) is 4.90 Å². The van der Waals surface area contributed by atoms with Crippen molar-refractivity contribution in [1.29, 1.82) is 0 Å². The van der Waals surface area contributed by atoms with Gasteiger partial charge in [0, 0.05) is 5.69 Å². The summed E-state index contributed by atoms with van der Waals surface area (Å²) in [5.74, 6) is 0. The second-order valence-corrected chi connectivity index (χ2v) is 6.15. The summed E-state index contributed by atoms with van der Waals surface area (Å²) in [4.78, 5) is 0.0503. The number of rotatable bonds is 4. The van der Waals surface area contributed by atoms with E-state index in [-0.39, 0.29) is 17.2 Å². The maximum atomic E-state index is 12.2. The van der Waals surface area contributed by atoms with Gasteiger partial charge in [-0.25, -0.2) is 8.42 Å². The van der Waals surface area contributed by atoms with Crippen LogP contribution in [0.15, 0.2) is 47.4 Å². The predicted molar refractivity (Wildman–Crippen MR) is 78.8 cm³/mol. The van der Waals surface area contributed by atoms with Crippen molar-refractivity contribution in [1.82, 2.24) is 0 Å². The molecule has 0 amide bonds. The lowest BCUT2D eigenvalue weighted by atomic mass is 10.2. The number of aliphatic hydroxyl groups excluding tert-OH is 1. The second kappa shape index (κ2) is 5.52. The normalized spacial score (nSPS) is 11.3. The average molecular weight is 292 g/mol. The molecule has 0 saturated heterocycles. The third-order valence-electron chi connectivity index (χ3n) is 2.84. The van der Waals surface area contributed by atoms with E-state index in [2.05, 4.69) is 4.72 Å². The lowest BCUT2D eigenvalue weighted by molar-refractivity contribution is 0.282. The third-order valence-corrected chi connectivity index (χ3v) is 4.30. The molecule has 0 bridgehead atoms. The van der Waals surface area contributed by atoms with Crippen molar-refractivity contribution < 1.29 is 13.5 Å². The maximum absolute atomic E-state index is 12.2. The lowest BCUT2D eigenvalue weighted by Crippen LogP contribution is -2.14. The van der Waals surface area contributed by atoms with E-state index in [1.807, 2.05) is 6.92 Å². The smallest absolute Gasteiger partial charge is 0.263 e. The molecule has 4 N–H and O–H groups in total. The number of nitrogens with one attached hydrogen (secondary N) is 1. The fraction of sp³-hybridized carbons (Fsp3) is 0.143. The van der Waals surface area contributed by atoms with Crippen LogP contribution in [0.3, 0.4) is 0 Å². The Balaban J connectivity index is 2.30. The molecule has 106 valence electrons. The first-order chi connectivity index (χ1) is 9.42. The molecule has 0 unspecified atom stereocenters. The number of aryl methyl sites for hydroxylation is 1. The third kappa shape index (κ3) is 3.09. The molecule has 5 nitrogen and oxygen atoms in total. The molecule has 0 aliphatic carbocycles. The van der Waals surface area contributed by atoms with E-state index < -0.39 is 10.0 Å². The summed E-state index contributed by atoms with van der Waals surface area (Å²) in [5, 5.41) is 8.95. The Hall–Kier alpha value is -2.05. The number of hydrogen-bond donors (Lipinski definition) is 3. The number of anilines is 2. The average Bonchev–Trinajstić information content (AvgIpc) is 2.38. The Labute approximate surface area is 118 Å². The van der Waals surface area contributed by atoms with Gasteiger partial charge in [0.05, 0.1) is 12.3 Å². The van der Waals surface area contributed by atoms with E-state index in [0.29, 0.717) is 11.3 Å². The zero-order valence-electron chi connectivity index (χ0n) is 11.0. The highest BCUT2D eigenvalue weighted by Gasteiger charge is 2.17. The quantitative estimate of drug-likeness (QED) is 0.750. The highest BCUT2D eigenvalue weighted by molar-refractivity contribution is 7.92. The summed E-state index contributed by atoms with van der Waals surface area (Å²) in [7, 11) is -3.72. The summed E-state index contributed by atoms with van der Waals surface area (Å²) in [6.07, 6.45) is 0. The van der Waals surface area contributed by atoms with Crippen molar-refractivity contribution in [3.05, 3.63) is 53.6 Å². The first-order valence-electron chi connectivity index (χ1n) is 6.01.